The monoisotopic (exact) mass is 443 g/mol. The van der Waals surface area contributed by atoms with Crippen LogP contribution in [0.1, 0.15) is 48.1 Å². The molecule has 172 valence electrons. The van der Waals surface area contributed by atoms with E-state index >= 15 is 0 Å². The second kappa shape index (κ2) is 11.7. The van der Waals surface area contributed by atoms with Crippen molar-refractivity contribution in [3.05, 3.63) is 70.3 Å². The lowest BCUT2D eigenvalue weighted by atomic mass is 9.86. The van der Waals surface area contributed by atoms with Crippen LogP contribution in [0.5, 0.6) is 0 Å². The molecule has 0 radical (unpaired) electrons. The molecule has 2 aromatic rings. The standard InChI is InChI=1S/C24H31F2N5O/c1-3-16-7-8-18-5-4-6-22(21(18)11-16)28-14-24(32)23(29-15-30-31-27-2)12-17-9-19(25)13-20(26)10-17/h7-11,13,15,22-24,28,31-32H,2-6,12,14H2,1H3,(H,29,30). The molecule has 0 bridgehead atoms. The molecule has 0 heterocycles. The maximum atomic E-state index is 13.6. The van der Waals surface area contributed by atoms with E-state index in [1.165, 1.54) is 35.2 Å². The van der Waals surface area contributed by atoms with Crippen LogP contribution in [0.4, 0.5) is 8.78 Å². The highest BCUT2D eigenvalue weighted by molar-refractivity contribution is 5.54. The molecular formula is C24H31F2N5O. The molecule has 8 heteroatoms. The second-order valence-electron chi connectivity index (χ2n) is 8.05. The summed E-state index contributed by atoms with van der Waals surface area (Å²) < 4.78 is 27.3. The van der Waals surface area contributed by atoms with Gasteiger partial charge in [0.2, 0.25) is 0 Å². The van der Waals surface area contributed by atoms with Crippen molar-refractivity contribution in [1.82, 2.24) is 16.3 Å². The van der Waals surface area contributed by atoms with Gasteiger partial charge in [0, 0.05) is 25.4 Å². The molecule has 6 nitrogen and oxygen atoms in total. The van der Waals surface area contributed by atoms with Crippen molar-refractivity contribution in [1.29, 1.82) is 0 Å². The molecule has 0 fully saturated rings. The summed E-state index contributed by atoms with van der Waals surface area (Å²) >= 11 is 0. The first kappa shape index (κ1) is 23.8. The molecule has 3 atom stereocenters. The molecule has 2 aromatic carbocycles. The minimum absolute atomic E-state index is 0.154. The minimum atomic E-state index is -0.865. The number of halogens is 2. The zero-order valence-electron chi connectivity index (χ0n) is 18.3. The molecule has 0 aromatic heterocycles. The number of aliphatic hydroxyl groups excluding tert-OH is 1. The Hall–Kier alpha value is -2.84. The van der Waals surface area contributed by atoms with Crippen LogP contribution in [0.3, 0.4) is 0 Å². The number of nitrogens with one attached hydrogen (secondary N) is 3. The highest BCUT2D eigenvalue weighted by Gasteiger charge is 2.24. The molecule has 0 spiro atoms. The third-order valence-corrected chi connectivity index (χ3v) is 5.79. The first-order valence-corrected chi connectivity index (χ1v) is 11.0. The van der Waals surface area contributed by atoms with E-state index in [9.17, 15) is 13.9 Å². The number of fused-ring (bicyclic) bond motifs is 1. The lowest BCUT2D eigenvalue weighted by Gasteiger charge is -2.29. The minimum Gasteiger partial charge on any atom is -0.390 e. The van der Waals surface area contributed by atoms with E-state index in [0.717, 1.165) is 31.7 Å². The van der Waals surface area contributed by atoms with Crippen molar-refractivity contribution in [2.45, 2.75) is 57.2 Å². The van der Waals surface area contributed by atoms with Crippen LogP contribution in [0, 0.1) is 11.6 Å². The van der Waals surface area contributed by atoms with Crippen molar-refractivity contribution < 1.29 is 13.9 Å². The average Bonchev–Trinajstić information content (AvgIpc) is 2.78. The van der Waals surface area contributed by atoms with Crippen molar-refractivity contribution in [3.8, 4) is 0 Å². The summed E-state index contributed by atoms with van der Waals surface area (Å²) in [6, 6.07) is 9.51. The molecule has 32 heavy (non-hydrogen) atoms. The predicted molar refractivity (Wildman–Crippen MR) is 124 cm³/mol. The van der Waals surface area contributed by atoms with Gasteiger partial charge in [-0.3, -0.25) is 10.4 Å². The summed E-state index contributed by atoms with van der Waals surface area (Å²) in [6.45, 7) is 5.72. The third-order valence-electron chi connectivity index (χ3n) is 5.79. The Kier molecular flexibility index (Phi) is 8.70. The molecule has 4 N–H and O–H groups in total. The molecular weight excluding hydrogens is 412 g/mol. The number of hydrogen-bond donors (Lipinski definition) is 4. The average molecular weight is 444 g/mol. The second-order valence-corrected chi connectivity index (χ2v) is 8.05. The SMILES string of the molecule is C=NNNC=NC(Cc1cc(F)cc(F)c1)C(O)CNC1CCCc2ccc(CC)cc21. The Bertz CT molecular complexity index is 916. The van der Waals surface area contributed by atoms with Gasteiger partial charge in [-0.2, -0.15) is 5.10 Å². The summed E-state index contributed by atoms with van der Waals surface area (Å²) in [7, 11) is 0. The summed E-state index contributed by atoms with van der Waals surface area (Å²) in [5.41, 5.74) is 9.39. The largest absolute Gasteiger partial charge is 0.390 e. The van der Waals surface area contributed by atoms with E-state index in [1.54, 1.807) is 0 Å². The van der Waals surface area contributed by atoms with Gasteiger partial charge in [0.25, 0.3) is 0 Å². The quantitative estimate of drug-likeness (QED) is 0.186. The Balaban J connectivity index is 1.70. The normalized spacial score (nSPS) is 17.6. The van der Waals surface area contributed by atoms with Crippen LogP contribution in [-0.4, -0.2) is 36.9 Å². The molecule has 0 amide bonds. The third kappa shape index (κ3) is 6.58. The predicted octanol–water partition coefficient (Wildman–Crippen LogP) is 3.20. The van der Waals surface area contributed by atoms with Crippen LogP contribution >= 0.6 is 0 Å². The Labute approximate surface area is 187 Å². The van der Waals surface area contributed by atoms with Gasteiger partial charge in [0.1, 0.15) is 18.0 Å². The van der Waals surface area contributed by atoms with E-state index in [1.807, 2.05) is 0 Å². The number of benzene rings is 2. The summed E-state index contributed by atoms with van der Waals surface area (Å²) in [4.78, 5) is 4.33. The number of hydrazine groups is 1. The van der Waals surface area contributed by atoms with Gasteiger partial charge in [-0.15, -0.1) is 0 Å². The van der Waals surface area contributed by atoms with Gasteiger partial charge in [0.05, 0.1) is 12.1 Å². The Morgan fingerprint density at radius 1 is 1.19 bits per heavy atom. The van der Waals surface area contributed by atoms with Crippen LogP contribution in [-0.2, 0) is 19.3 Å². The molecule has 0 saturated carbocycles. The number of aliphatic hydroxyl groups is 1. The van der Waals surface area contributed by atoms with E-state index in [-0.39, 0.29) is 12.5 Å². The summed E-state index contributed by atoms with van der Waals surface area (Å²) in [5.74, 6) is -1.31. The van der Waals surface area contributed by atoms with Crippen molar-refractivity contribution in [2.75, 3.05) is 6.54 Å². The van der Waals surface area contributed by atoms with Crippen LogP contribution in [0.2, 0.25) is 0 Å². The van der Waals surface area contributed by atoms with Gasteiger partial charge < -0.3 is 10.4 Å². The molecule has 3 unspecified atom stereocenters. The molecule has 3 rings (SSSR count). The van der Waals surface area contributed by atoms with Crippen molar-refractivity contribution in [2.24, 2.45) is 10.1 Å². The number of nitrogens with zero attached hydrogens (tertiary/aromatic N) is 2. The highest BCUT2D eigenvalue weighted by Crippen LogP contribution is 2.30. The van der Waals surface area contributed by atoms with E-state index in [0.29, 0.717) is 12.1 Å². The lowest BCUT2D eigenvalue weighted by molar-refractivity contribution is 0.137. The fraction of sp³-hybridized carbons (Fsp3) is 0.417. The highest BCUT2D eigenvalue weighted by atomic mass is 19.1. The molecule has 1 aliphatic rings. The maximum absolute atomic E-state index is 13.6. The first-order chi connectivity index (χ1) is 15.5. The lowest BCUT2D eigenvalue weighted by Crippen LogP contribution is -2.39. The zero-order valence-corrected chi connectivity index (χ0v) is 18.3. The van der Waals surface area contributed by atoms with E-state index in [4.69, 9.17) is 0 Å². The van der Waals surface area contributed by atoms with Gasteiger partial charge in [-0.05, 0) is 66.5 Å². The van der Waals surface area contributed by atoms with Crippen LogP contribution in [0.25, 0.3) is 0 Å². The summed E-state index contributed by atoms with van der Waals surface area (Å²) in [5, 5.41) is 17.8. The Morgan fingerprint density at radius 3 is 2.69 bits per heavy atom. The smallest absolute Gasteiger partial charge is 0.126 e. The number of aliphatic imine (C=N–C) groups is 1. The van der Waals surface area contributed by atoms with Crippen molar-refractivity contribution in [3.63, 3.8) is 0 Å². The van der Waals surface area contributed by atoms with Gasteiger partial charge in [-0.1, -0.05) is 25.1 Å². The zero-order chi connectivity index (χ0) is 22.9. The Morgan fingerprint density at radius 2 is 1.97 bits per heavy atom. The molecule has 0 saturated heterocycles. The molecule has 1 aliphatic carbocycles. The summed E-state index contributed by atoms with van der Waals surface area (Å²) in [6.07, 6.45) is 4.78. The van der Waals surface area contributed by atoms with Gasteiger partial charge in [-0.25, -0.2) is 14.3 Å². The van der Waals surface area contributed by atoms with E-state index < -0.39 is 23.8 Å². The van der Waals surface area contributed by atoms with Gasteiger partial charge in [0.15, 0.2) is 0 Å². The van der Waals surface area contributed by atoms with E-state index in [2.05, 4.69) is 58.2 Å². The maximum Gasteiger partial charge on any atom is 0.126 e. The van der Waals surface area contributed by atoms with Crippen LogP contribution < -0.4 is 16.3 Å². The fourth-order valence-corrected chi connectivity index (χ4v) is 4.15. The topological polar surface area (TPSA) is 81.0 Å². The van der Waals surface area contributed by atoms with Crippen molar-refractivity contribution >= 4 is 13.1 Å². The number of hydrazone groups is 1. The molecule has 0 aliphatic heterocycles. The van der Waals surface area contributed by atoms with Gasteiger partial charge >= 0.3 is 0 Å². The number of hydrogen-bond acceptors (Lipinski definition) is 5. The number of aryl methyl sites for hydroxylation is 2. The van der Waals surface area contributed by atoms with Crippen LogP contribution in [0.15, 0.2) is 46.5 Å². The number of rotatable bonds is 11. The fourth-order valence-electron chi connectivity index (χ4n) is 4.15. The first-order valence-electron chi connectivity index (χ1n) is 11.0.